The van der Waals surface area contributed by atoms with Crippen LogP contribution in [-0.4, -0.2) is 17.0 Å². The van der Waals surface area contributed by atoms with Gasteiger partial charge in [0.15, 0.2) is 5.13 Å². The fraction of sp³-hybridized carbons (Fsp3) is 0.111. The molecule has 0 aliphatic heterocycles. The van der Waals surface area contributed by atoms with E-state index in [0.29, 0.717) is 0 Å². The molecule has 2 rings (SSSR count). The second kappa shape index (κ2) is 3.63. The topological polar surface area (TPSA) is 57.8 Å². The van der Waals surface area contributed by atoms with E-state index in [9.17, 15) is 4.79 Å². The van der Waals surface area contributed by atoms with Gasteiger partial charge in [-0.25, -0.2) is 4.98 Å². The lowest BCUT2D eigenvalue weighted by Crippen LogP contribution is -2.01. The Morgan fingerprint density at radius 2 is 2.43 bits per heavy atom. The van der Waals surface area contributed by atoms with Gasteiger partial charge in [-0.1, -0.05) is 11.3 Å². The van der Waals surface area contributed by atoms with Crippen molar-refractivity contribution in [1.29, 1.82) is 0 Å². The maximum atomic E-state index is 11.1. The summed E-state index contributed by atoms with van der Waals surface area (Å²) in [4.78, 5) is 18.8. The minimum Gasteiger partial charge on any atom is -0.365 e. The van der Waals surface area contributed by atoms with E-state index in [-0.39, 0.29) is 5.56 Å². The van der Waals surface area contributed by atoms with Crippen LogP contribution in [0, 0.1) is 0 Å². The maximum Gasteiger partial charge on any atom is 0.248 e. The Balaban J connectivity index is 2.44. The maximum absolute atomic E-state index is 11.1. The first-order chi connectivity index (χ1) is 6.79. The molecule has 72 valence electrons. The minimum atomic E-state index is -0.0955. The van der Waals surface area contributed by atoms with Gasteiger partial charge in [0.1, 0.15) is 0 Å². The van der Waals surface area contributed by atoms with E-state index in [2.05, 4.69) is 15.3 Å². The number of hydrogen-bond acceptors (Lipinski definition) is 4. The Labute approximate surface area is 84.6 Å². The zero-order valence-electron chi connectivity index (χ0n) is 7.57. The monoisotopic (exact) mass is 207 g/mol. The summed E-state index contributed by atoms with van der Waals surface area (Å²) in [6, 6.07) is 3.42. The lowest BCUT2D eigenvalue weighted by Gasteiger charge is -1.93. The quantitative estimate of drug-likeness (QED) is 0.785. The zero-order chi connectivity index (χ0) is 9.97. The number of nitrogens with one attached hydrogen (secondary N) is 2. The van der Waals surface area contributed by atoms with Crippen LogP contribution in [-0.2, 0) is 0 Å². The highest BCUT2D eigenvalue weighted by Crippen LogP contribution is 2.27. The van der Waals surface area contributed by atoms with Gasteiger partial charge < -0.3 is 10.3 Å². The van der Waals surface area contributed by atoms with Gasteiger partial charge in [0.2, 0.25) is 5.56 Å². The summed E-state index contributed by atoms with van der Waals surface area (Å²) in [5.74, 6) is 0. The van der Waals surface area contributed by atoms with Crippen molar-refractivity contribution < 1.29 is 0 Å². The molecule has 2 N–H and O–H groups in total. The predicted molar refractivity (Wildman–Crippen MR) is 57.7 cm³/mol. The van der Waals surface area contributed by atoms with Gasteiger partial charge in [-0.2, -0.15) is 0 Å². The predicted octanol–water partition coefficient (Wildman–Crippen LogP) is 1.54. The molecule has 0 saturated carbocycles. The third-order valence-corrected chi connectivity index (χ3v) is 2.84. The molecule has 0 fully saturated rings. The van der Waals surface area contributed by atoms with Crippen molar-refractivity contribution >= 4 is 16.5 Å². The van der Waals surface area contributed by atoms with E-state index in [1.807, 2.05) is 13.1 Å². The summed E-state index contributed by atoms with van der Waals surface area (Å²) >= 11 is 1.52. The van der Waals surface area contributed by atoms with E-state index in [1.165, 1.54) is 11.3 Å². The highest BCUT2D eigenvalue weighted by Gasteiger charge is 2.02. The smallest absolute Gasteiger partial charge is 0.248 e. The first-order valence-corrected chi connectivity index (χ1v) is 4.94. The van der Waals surface area contributed by atoms with E-state index < -0.39 is 0 Å². The lowest BCUT2D eigenvalue weighted by atomic mass is 10.2. The number of nitrogens with zero attached hydrogens (tertiary/aromatic N) is 1. The Hall–Kier alpha value is -1.62. The Morgan fingerprint density at radius 1 is 1.57 bits per heavy atom. The van der Waals surface area contributed by atoms with Gasteiger partial charge >= 0.3 is 0 Å². The van der Waals surface area contributed by atoms with Crippen LogP contribution < -0.4 is 10.9 Å². The van der Waals surface area contributed by atoms with Gasteiger partial charge in [-0.15, -0.1) is 0 Å². The fourth-order valence-corrected chi connectivity index (χ4v) is 1.89. The van der Waals surface area contributed by atoms with Crippen molar-refractivity contribution in [2.24, 2.45) is 0 Å². The summed E-state index contributed by atoms with van der Waals surface area (Å²) in [6.45, 7) is 0. The van der Waals surface area contributed by atoms with Crippen LogP contribution in [0.4, 0.5) is 5.13 Å². The number of thiazole rings is 1. The number of pyridine rings is 1. The van der Waals surface area contributed by atoms with Crippen LogP contribution in [0.2, 0.25) is 0 Å². The number of aromatic nitrogens is 2. The average molecular weight is 207 g/mol. The van der Waals surface area contributed by atoms with Crippen molar-refractivity contribution in [2.75, 3.05) is 12.4 Å². The van der Waals surface area contributed by atoms with E-state index in [4.69, 9.17) is 0 Å². The Morgan fingerprint density at radius 3 is 3.07 bits per heavy atom. The molecule has 2 aromatic heterocycles. The van der Waals surface area contributed by atoms with Gasteiger partial charge in [-0.05, 0) is 6.07 Å². The number of rotatable bonds is 2. The summed E-state index contributed by atoms with van der Waals surface area (Å²) < 4.78 is 0. The van der Waals surface area contributed by atoms with E-state index >= 15 is 0 Å². The number of H-pyrrole nitrogens is 1. The standard InChI is InChI=1S/C9H9N3OS/c1-10-9-12-5-7(14-9)6-2-3-11-8(13)4-6/h2-5H,1H3,(H,10,12)(H,11,13). The third kappa shape index (κ3) is 1.67. The zero-order valence-corrected chi connectivity index (χ0v) is 8.39. The van der Waals surface area contributed by atoms with Crippen LogP contribution in [0.25, 0.3) is 10.4 Å². The number of anilines is 1. The number of hydrogen-bond donors (Lipinski definition) is 2. The average Bonchev–Trinajstić information content (AvgIpc) is 2.66. The largest absolute Gasteiger partial charge is 0.365 e. The Bertz CT molecular complexity index is 489. The highest BCUT2D eigenvalue weighted by molar-refractivity contribution is 7.18. The molecular weight excluding hydrogens is 198 g/mol. The third-order valence-electron chi connectivity index (χ3n) is 1.78. The van der Waals surface area contributed by atoms with Gasteiger partial charge in [0, 0.05) is 31.1 Å². The summed E-state index contributed by atoms with van der Waals surface area (Å²) in [5, 5.41) is 3.80. The summed E-state index contributed by atoms with van der Waals surface area (Å²) in [7, 11) is 1.82. The van der Waals surface area contributed by atoms with Crippen molar-refractivity contribution in [3.8, 4) is 10.4 Å². The van der Waals surface area contributed by atoms with Crippen LogP contribution >= 0.6 is 11.3 Å². The molecule has 5 heteroatoms. The van der Waals surface area contributed by atoms with Crippen LogP contribution in [0.5, 0.6) is 0 Å². The van der Waals surface area contributed by atoms with Gasteiger partial charge in [0.25, 0.3) is 0 Å². The molecule has 2 heterocycles. The number of aromatic amines is 1. The van der Waals surface area contributed by atoms with Crippen molar-refractivity contribution in [1.82, 2.24) is 9.97 Å². The molecule has 0 aromatic carbocycles. The molecule has 0 spiro atoms. The molecular formula is C9H9N3OS. The molecule has 0 aliphatic carbocycles. The summed E-state index contributed by atoms with van der Waals surface area (Å²) in [5.41, 5.74) is 0.801. The van der Waals surface area contributed by atoms with Crippen molar-refractivity contribution in [3.63, 3.8) is 0 Å². The fourth-order valence-electron chi connectivity index (χ4n) is 1.12. The van der Waals surface area contributed by atoms with Crippen LogP contribution in [0.15, 0.2) is 29.3 Å². The second-order valence-electron chi connectivity index (χ2n) is 2.72. The van der Waals surface area contributed by atoms with Gasteiger partial charge in [-0.3, -0.25) is 4.79 Å². The SMILES string of the molecule is CNc1ncc(-c2cc[nH]c(=O)c2)s1. The van der Waals surface area contributed by atoms with Crippen molar-refractivity contribution in [2.45, 2.75) is 0 Å². The molecule has 0 radical (unpaired) electrons. The first-order valence-electron chi connectivity index (χ1n) is 4.12. The second-order valence-corrected chi connectivity index (χ2v) is 3.75. The summed E-state index contributed by atoms with van der Waals surface area (Å²) in [6.07, 6.45) is 3.39. The molecule has 0 saturated heterocycles. The molecule has 0 aliphatic rings. The molecule has 0 unspecified atom stereocenters. The Kier molecular flexibility index (Phi) is 2.32. The van der Waals surface area contributed by atoms with E-state index in [1.54, 1.807) is 18.5 Å². The molecule has 0 bridgehead atoms. The van der Waals surface area contributed by atoms with Gasteiger partial charge in [0.05, 0.1) is 4.88 Å². The lowest BCUT2D eigenvalue weighted by molar-refractivity contribution is 1.24. The van der Waals surface area contributed by atoms with Crippen LogP contribution in [0.3, 0.4) is 0 Å². The molecule has 2 aromatic rings. The molecule has 14 heavy (non-hydrogen) atoms. The van der Waals surface area contributed by atoms with Crippen molar-refractivity contribution in [3.05, 3.63) is 34.9 Å². The molecule has 0 atom stereocenters. The first kappa shape index (κ1) is 8.96. The normalized spacial score (nSPS) is 10.1. The molecule has 0 amide bonds. The van der Waals surface area contributed by atoms with E-state index in [0.717, 1.165) is 15.6 Å². The highest BCUT2D eigenvalue weighted by atomic mass is 32.1. The van der Waals surface area contributed by atoms with Crippen LogP contribution in [0.1, 0.15) is 0 Å². The minimum absolute atomic E-state index is 0.0955. The molecule has 4 nitrogen and oxygen atoms in total.